The smallest absolute Gasteiger partial charge is 0.303 e. The van der Waals surface area contributed by atoms with E-state index in [1.807, 2.05) is 5.38 Å². The maximum atomic E-state index is 10.3. The number of carbonyl (C=O) groups is 1. The largest absolute Gasteiger partial charge is 0.481 e. The average molecular weight is 214 g/mol. The van der Waals surface area contributed by atoms with Crippen LogP contribution in [-0.2, 0) is 17.6 Å². The van der Waals surface area contributed by atoms with Gasteiger partial charge in [-0.05, 0) is 13.0 Å². The Kier molecular flexibility index (Phi) is 4.55. The Labute approximate surface area is 86.8 Å². The van der Waals surface area contributed by atoms with Gasteiger partial charge in [-0.2, -0.15) is 0 Å². The van der Waals surface area contributed by atoms with Gasteiger partial charge in [-0.15, -0.1) is 11.3 Å². The molecule has 0 aliphatic heterocycles. The highest BCUT2D eigenvalue weighted by Crippen LogP contribution is 2.12. The highest BCUT2D eigenvalue weighted by atomic mass is 32.1. The summed E-state index contributed by atoms with van der Waals surface area (Å²) in [6, 6.07) is 0. The van der Waals surface area contributed by atoms with E-state index < -0.39 is 5.97 Å². The van der Waals surface area contributed by atoms with Crippen molar-refractivity contribution in [3.8, 4) is 0 Å². The van der Waals surface area contributed by atoms with Gasteiger partial charge in [-0.25, -0.2) is 4.98 Å². The molecular weight excluding hydrogens is 200 g/mol. The minimum Gasteiger partial charge on any atom is -0.481 e. The Balaban J connectivity index is 2.38. The zero-order valence-corrected chi connectivity index (χ0v) is 8.72. The first-order chi connectivity index (χ1) is 6.72. The fourth-order valence-electron chi connectivity index (χ4n) is 1.07. The molecular formula is C9H14N2O2S. The lowest BCUT2D eigenvalue weighted by atomic mass is 10.2. The molecule has 0 spiro atoms. The van der Waals surface area contributed by atoms with Crippen LogP contribution >= 0.6 is 11.3 Å². The van der Waals surface area contributed by atoms with Crippen LogP contribution in [-0.4, -0.2) is 22.6 Å². The first-order valence-corrected chi connectivity index (χ1v) is 5.45. The second kappa shape index (κ2) is 5.72. The van der Waals surface area contributed by atoms with Crippen LogP contribution in [0.2, 0.25) is 0 Å². The van der Waals surface area contributed by atoms with E-state index in [1.54, 1.807) is 11.3 Å². The van der Waals surface area contributed by atoms with E-state index >= 15 is 0 Å². The summed E-state index contributed by atoms with van der Waals surface area (Å²) in [7, 11) is 0. The maximum Gasteiger partial charge on any atom is 0.303 e. The summed E-state index contributed by atoms with van der Waals surface area (Å²) in [6.07, 6.45) is 2.51. The summed E-state index contributed by atoms with van der Waals surface area (Å²) in [5, 5.41) is 11.5. The highest BCUT2D eigenvalue weighted by molar-refractivity contribution is 7.09. The summed E-state index contributed by atoms with van der Waals surface area (Å²) >= 11 is 1.58. The molecule has 1 rings (SSSR count). The van der Waals surface area contributed by atoms with E-state index in [1.165, 1.54) is 0 Å². The molecule has 5 heteroatoms. The molecule has 0 saturated carbocycles. The molecule has 0 amide bonds. The minimum atomic E-state index is -0.776. The lowest BCUT2D eigenvalue weighted by Crippen LogP contribution is -2.00. The van der Waals surface area contributed by atoms with E-state index in [0.29, 0.717) is 13.0 Å². The van der Waals surface area contributed by atoms with Gasteiger partial charge in [0.05, 0.1) is 17.1 Å². The number of carboxylic acids is 1. The van der Waals surface area contributed by atoms with E-state index in [2.05, 4.69) is 4.98 Å². The van der Waals surface area contributed by atoms with Gasteiger partial charge >= 0.3 is 5.97 Å². The van der Waals surface area contributed by atoms with Crippen molar-refractivity contribution in [2.45, 2.75) is 25.7 Å². The quantitative estimate of drug-likeness (QED) is 0.742. The number of aliphatic carboxylic acids is 1. The third-order valence-electron chi connectivity index (χ3n) is 1.79. The average Bonchev–Trinajstić information content (AvgIpc) is 2.59. The Morgan fingerprint density at radius 2 is 2.36 bits per heavy atom. The van der Waals surface area contributed by atoms with E-state index in [9.17, 15) is 4.79 Å². The van der Waals surface area contributed by atoms with Crippen LogP contribution in [0.25, 0.3) is 0 Å². The molecule has 3 N–H and O–H groups in total. The van der Waals surface area contributed by atoms with Crippen molar-refractivity contribution in [3.05, 3.63) is 16.1 Å². The van der Waals surface area contributed by atoms with E-state index in [0.717, 1.165) is 23.5 Å². The molecule has 0 aromatic carbocycles. The topological polar surface area (TPSA) is 76.2 Å². The molecule has 0 fully saturated rings. The molecule has 1 heterocycles. The second-order valence-corrected chi connectivity index (χ2v) is 3.96. The molecule has 78 valence electrons. The molecule has 1 aromatic heterocycles. The maximum absolute atomic E-state index is 10.3. The lowest BCUT2D eigenvalue weighted by molar-refractivity contribution is -0.136. The molecule has 0 bridgehead atoms. The second-order valence-electron chi connectivity index (χ2n) is 3.02. The van der Waals surface area contributed by atoms with Crippen molar-refractivity contribution in [2.24, 2.45) is 5.73 Å². The van der Waals surface area contributed by atoms with Crippen LogP contribution in [0, 0.1) is 0 Å². The van der Waals surface area contributed by atoms with Gasteiger partial charge in [0.2, 0.25) is 0 Å². The zero-order chi connectivity index (χ0) is 10.4. The van der Waals surface area contributed by atoms with Crippen LogP contribution < -0.4 is 5.73 Å². The minimum absolute atomic E-state index is 0.153. The Morgan fingerprint density at radius 1 is 1.57 bits per heavy atom. The van der Waals surface area contributed by atoms with E-state index in [4.69, 9.17) is 10.8 Å². The first kappa shape index (κ1) is 11.1. The molecule has 14 heavy (non-hydrogen) atoms. The van der Waals surface area contributed by atoms with Crippen molar-refractivity contribution < 1.29 is 9.90 Å². The lowest BCUT2D eigenvalue weighted by Gasteiger charge is -1.92. The zero-order valence-electron chi connectivity index (χ0n) is 7.90. The number of nitrogens with two attached hydrogens (primary N) is 1. The Morgan fingerprint density at radius 3 is 3.00 bits per heavy atom. The summed E-state index contributed by atoms with van der Waals surface area (Å²) in [5.41, 5.74) is 6.26. The summed E-state index contributed by atoms with van der Waals surface area (Å²) in [6.45, 7) is 0.671. The summed E-state index contributed by atoms with van der Waals surface area (Å²) in [4.78, 5) is 14.6. The van der Waals surface area contributed by atoms with Gasteiger partial charge in [0.15, 0.2) is 0 Å². The van der Waals surface area contributed by atoms with Crippen molar-refractivity contribution in [3.63, 3.8) is 0 Å². The highest BCUT2D eigenvalue weighted by Gasteiger charge is 2.03. The molecule has 0 radical (unpaired) electrons. The first-order valence-electron chi connectivity index (χ1n) is 4.57. The molecule has 0 aliphatic rings. The number of nitrogens with zero attached hydrogens (tertiary/aromatic N) is 1. The van der Waals surface area contributed by atoms with Gasteiger partial charge in [-0.3, -0.25) is 4.79 Å². The number of hydrogen-bond acceptors (Lipinski definition) is 4. The number of aryl methyl sites for hydroxylation is 2. The number of rotatable bonds is 6. The normalized spacial score (nSPS) is 10.4. The van der Waals surface area contributed by atoms with Crippen LogP contribution in [0.1, 0.15) is 23.5 Å². The van der Waals surface area contributed by atoms with Gasteiger partial charge in [0.25, 0.3) is 0 Å². The molecule has 4 nitrogen and oxygen atoms in total. The third kappa shape index (κ3) is 3.85. The molecule has 0 atom stereocenters. The van der Waals surface area contributed by atoms with Crippen molar-refractivity contribution >= 4 is 17.3 Å². The predicted molar refractivity (Wildman–Crippen MR) is 55.4 cm³/mol. The van der Waals surface area contributed by atoms with Crippen molar-refractivity contribution in [1.29, 1.82) is 0 Å². The van der Waals surface area contributed by atoms with E-state index in [-0.39, 0.29) is 6.42 Å². The van der Waals surface area contributed by atoms with Crippen molar-refractivity contribution in [2.75, 3.05) is 6.54 Å². The van der Waals surface area contributed by atoms with Crippen LogP contribution in [0.4, 0.5) is 0 Å². The van der Waals surface area contributed by atoms with Gasteiger partial charge < -0.3 is 10.8 Å². The monoisotopic (exact) mass is 214 g/mol. The molecule has 0 aliphatic carbocycles. The predicted octanol–water partition coefficient (Wildman–Crippen LogP) is 1.05. The van der Waals surface area contributed by atoms with Crippen LogP contribution in [0.5, 0.6) is 0 Å². The number of hydrogen-bond donors (Lipinski definition) is 2. The summed E-state index contributed by atoms with van der Waals surface area (Å²) in [5.74, 6) is -0.776. The van der Waals surface area contributed by atoms with Gasteiger partial charge in [0, 0.05) is 18.2 Å². The van der Waals surface area contributed by atoms with Crippen LogP contribution in [0.15, 0.2) is 5.38 Å². The number of thiazole rings is 1. The molecule has 0 unspecified atom stereocenters. The molecule has 1 aromatic rings. The van der Waals surface area contributed by atoms with Crippen molar-refractivity contribution in [1.82, 2.24) is 4.98 Å². The Hall–Kier alpha value is -0.940. The number of aromatic nitrogens is 1. The van der Waals surface area contributed by atoms with Gasteiger partial charge in [-0.1, -0.05) is 0 Å². The van der Waals surface area contributed by atoms with Crippen LogP contribution in [0.3, 0.4) is 0 Å². The van der Waals surface area contributed by atoms with Gasteiger partial charge in [0.1, 0.15) is 0 Å². The third-order valence-corrected chi connectivity index (χ3v) is 2.75. The fraction of sp³-hybridized carbons (Fsp3) is 0.556. The molecule has 0 saturated heterocycles. The Bertz CT molecular complexity index is 299. The SMILES string of the molecule is NCCCc1nc(CCC(=O)O)cs1. The fourth-order valence-corrected chi connectivity index (χ4v) is 1.94. The number of carboxylic acid groups (broad SMARTS) is 1. The standard InChI is InChI=1S/C9H14N2O2S/c10-5-1-2-8-11-7(6-14-8)3-4-9(12)13/h6H,1-5,10H2,(H,12,13). The summed E-state index contributed by atoms with van der Waals surface area (Å²) < 4.78 is 0.